The largest absolute Gasteiger partial charge is 0.454 e. The molecule has 466 valence electrons. The second-order valence-electron chi connectivity index (χ2n) is 22.5. The molecule has 11 heteroatoms. The lowest BCUT2D eigenvalue weighted by Gasteiger charge is -2.41. The van der Waals surface area contributed by atoms with Crippen LogP contribution in [0.3, 0.4) is 0 Å². The second kappa shape index (κ2) is 57.0. The molecule has 0 aliphatic carbocycles. The summed E-state index contributed by atoms with van der Waals surface area (Å²) in [6.45, 7) is 5.65. The summed E-state index contributed by atoms with van der Waals surface area (Å²) in [6, 6.07) is -1.04. The maximum absolute atomic E-state index is 13.4. The predicted molar refractivity (Wildman–Crippen MR) is 338 cm³/mol. The van der Waals surface area contributed by atoms with Gasteiger partial charge in [0.05, 0.1) is 25.4 Å². The first-order valence-corrected chi connectivity index (χ1v) is 33.0. The van der Waals surface area contributed by atoms with E-state index in [0.717, 1.165) is 141 Å². The van der Waals surface area contributed by atoms with E-state index < -0.39 is 67.4 Å². The third kappa shape index (κ3) is 44.7. The number of hydrogen-bond acceptors (Lipinski definition) is 10. The Balaban J connectivity index is 2.66. The number of rotatable bonds is 55. The van der Waals surface area contributed by atoms with E-state index in [9.17, 15) is 35.1 Å². The molecule has 0 aromatic heterocycles. The lowest BCUT2D eigenvalue weighted by molar-refractivity contribution is -0.305. The Kier molecular flexibility index (Phi) is 53.2. The number of carbonyl (C=O) groups excluding carboxylic acids is 2. The molecule has 0 spiro atoms. The molecule has 1 aliphatic heterocycles. The fraction of sp³-hybridized carbons (Fsp3) is 0.743. The summed E-state index contributed by atoms with van der Waals surface area (Å²) in [7, 11) is 0. The summed E-state index contributed by atoms with van der Waals surface area (Å²) < 4.78 is 17.6. The minimum Gasteiger partial charge on any atom is -0.454 e. The summed E-state index contributed by atoms with van der Waals surface area (Å²) >= 11 is 0. The van der Waals surface area contributed by atoms with Crippen LogP contribution in [0.25, 0.3) is 0 Å². The van der Waals surface area contributed by atoms with Crippen molar-refractivity contribution in [1.82, 2.24) is 5.32 Å². The average Bonchev–Trinajstić information content (AvgIpc) is 3.53. The minimum absolute atomic E-state index is 0.105. The van der Waals surface area contributed by atoms with Crippen molar-refractivity contribution in [2.45, 2.75) is 320 Å². The van der Waals surface area contributed by atoms with Crippen LogP contribution in [0, 0.1) is 0 Å². The zero-order valence-electron chi connectivity index (χ0n) is 51.6. The fourth-order valence-electron chi connectivity index (χ4n) is 9.77. The van der Waals surface area contributed by atoms with Crippen LogP contribution in [0.2, 0.25) is 0 Å². The predicted octanol–water partition coefficient (Wildman–Crippen LogP) is 16.3. The molecule has 1 aliphatic rings. The number of hydrogen-bond donors (Lipinski definition) is 6. The van der Waals surface area contributed by atoms with Crippen molar-refractivity contribution >= 4 is 11.9 Å². The molecular weight excluding hydrogens is 1010 g/mol. The van der Waals surface area contributed by atoms with Crippen molar-refractivity contribution in [1.29, 1.82) is 0 Å². The van der Waals surface area contributed by atoms with Crippen molar-refractivity contribution in [2.75, 3.05) is 13.2 Å². The summed E-state index contributed by atoms with van der Waals surface area (Å²) in [5, 5.41) is 57.1. The Labute approximate surface area is 495 Å². The molecule has 11 nitrogen and oxygen atoms in total. The van der Waals surface area contributed by atoms with Gasteiger partial charge < -0.3 is 45.1 Å². The Morgan fingerprint density at radius 3 is 1.36 bits per heavy atom. The van der Waals surface area contributed by atoms with Gasteiger partial charge in [-0.25, -0.2) is 0 Å². The molecule has 0 radical (unpaired) electrons. The fourth-order valence-corrected chi connectivity index (χ4v) is 9.77. The molecule has 0 saturated carbocycles. The highest BCUT2D eigenvalue weighted by molar-refractivity contribution is 5.80. The van der Waals surface area contributed by atoms with Crippen LogP contribution in [0.5, 0.6) is 0 Å². The molecule has 8 unspecified atom stereocenters. The van der Waals surface area contributed by atoms with Crippen molar-refractivity contribution in [3.05, 3.63) is 97.2 Å². The number of ether oxygens (including phenoxy) is 3. The summed E-state index contributed by atoms with van der Waals surface area (Å²) in [5.41, 5.74) is 0. The van der Waals surface area contributed by atoms with Gasteiger partial charge in [0.2, 0.25) is 5.91 Å². The van der Waals surface area contributed by atoms with Gasteiger partial charge in [0, 0.05) is 6.42 Å². The normalized spacial score (nSPS) is 19.3. The molecule has 0 aromatic carbocycles. The van der Waals surface area contributed by atoms with Crippen molar-refractivity contribution in [2.24, 2.45) is 0 Å². The van der Waals surface area contributed by atoms with E-state index in [1.165, 1.54) is 83.5 Å². The SMILES string of the molecule is CC/C=C\C/C=C\C/C=C\C/C=C\C/C=C\CCCCCCCCCC(=O)OC1C(OCC(NC(=O)C(O)CCCCCCCC/C=C\C/C=C\CCCCC)C(O)/C=C/CCCCCCCCCCCCC)OC(CO)C(O)C1O. The van der Waals surface area contributed by atoms with Crippen LogP contribution < -0.4 is 5.32 Å². The zero-order chi connectivity index (χ0) is 58.9. The highest BCUT2D eigenvalue weighted by atomic mass is 16.7. The van der Waals surface area contributed by atoms with Crippen molar-refractivity contribution in [3.8, 4) is 0 Å². The first-order chi connectivity index (χ1) is 39.7. The molecule has 81 heavy (non-hydrogen) atoms. The van der Waals surface area contributed by atoms with E-state index in [2.05, 4.69) is 111 Å². The maximum Gasteiger partial charge on any atom is 0.306 e. The van der Waals surface area contributed by atoms with Gasteiger partial charge in [-0.1, -0.05) is 259 Å². The van der Waals surface area contributed by atoms with Crippen LogP contribution in [-0.2, 0) is 23.8 Å². The Bertz CT molecular complexity index is 1690. The number of unbranched alkanes of at least 4 members (excludes halogenated alkanes) is 27. The van der Waals surface area contributed by atoms with Crippen LogP contribution in [0.15, 0.2) is 97.2 Å². The molecule has 0 aromatic rings. The van der Waals surface area contributed by atoms with Crippen molar-refractivity contribution in [3.63, 3.8) is 0 Å². The number of esters is 1. The molecule has 1 rings (SSSR count). The smallest absolute Gasteiger partial charge is 0.306 e. The second-order valence-corrected chi connectivity index (χ2v) is 22.5. The molecular formula is C70H121NO10. The third-order valence-corrected chi connectivity index (χ3v) is 15.0. The van der Waals surface area contributed by atoms with Crippen LogP contribution in [0.4, 0.5) is 0 Å². The first-order valence-electron chi connectivity index (χ1n) is 33.0. The van der Waals surface area contributed by atoms with E-state index >= 15 is 0 Å². The summed E-state index contributed by atoms with van der Waals surface area (Å²) in [4.78, 5) is 26.6. The third-order valence-electron chi connectivity index (χ3n) is 15.0. The number of allylic oxidation sites excluding steroid dienone is 15. The highest BCUT2D eigenvalue weighted by Crippen LogP contribution is 2.26. The van der Waals surface area contributed by atoms with E-state index in [-0.39, 0.29) is 19.4 Å². The van der Waals surface area contributed by atoms with Gasteiger partial charge in [0.25, 0.3) is 0 Å². The summed E-state index contributed by atoms with van der Waals surface area (Å²) in [5.74, 6) is -1.22. The molecule has 6 N–H and O–H groups in total. The van der Waals surface area contributed by atoms with Crippen LogP contribution in [0.1, 0.15) is 271 Å². The number of aliphatic hydroxyl groups is 5. The Morgan fingerprint density at radius 1 is 0.494 bits per heavy atom. The number of aliphatic hydroxyl groups excluding tert-OH is 5. The van der Waals surface area contributed by atoms with Gasteiger partial charge in [-0.2, -0.15) is 0 Å². The number of nitrogens with one attached hydrogen (secondary N) is 1. The van der Waals surface area contributed by atoms with Gasteiger partial charge in [0.1, 0.15) is 24.4 Å². The monoisotopic (exact) mass is 1140 g/mol. The molecule has 1 heterocycles. The van der Waals surface area contributed by atoms with Crippen molar-refractivity contribution < 1.29 is 49.3 Å². The average molecular weight is 1140 g/mol. The molecule has 8 atom stereocenters. The molecule has 0 bridgehead atoms. The standard InChI is InChI=1S/C70H121NO10/c1-4-7-10-13-16-19-22-25-27-29-30-31-32-33-34-35-37-40-43-46-49-52-55-58-65(75)81-68-67(77)66(76)64(59-72)80-70(68)79-60-61(62(73)56-53-50-47-44-41-38-24-21-18-15-12-9-6-3)71-69(78)63(74)57-54-51-48-45-42-39-36-28-26-23-20-17-14-11-8-5-2/h7,10,16-17,19-20,25-28,30-31,33-34,53,56,61-64,66-68,70,72-74,76-77H,4-6,8-9,11-15,18,21-24,29,32,35-52,54-55,57-60H2,1-3H3,(H,71,78)/b10-7-,19-16-,20-17-,27-25-,28-26-,31-30-,34-33-,56-53+. The minimum atomic E-state index is -1.63. The molecule has 1 saturated heterocycles. The van der Waals surface area contributed by atoms with Gasteiger partial charge in [0.15, 0.2) is 12.4 Å². The van der Waals surface area contributed by atoms with E-state index in [0.29, 0.717) is 12.8 Å². The zero-order valence-corrected chi connectivity index (χ0v) is 51.6. The van der Waals surface area contributed by atoms with Gasteiger partial charge in [-0.15, -0.1) is 0 Å². The van der Waals surface area contributed by atoms with Crippen LogP contribution in [-0.4, -0.2) is 99.6 Å². The topological polar surface area (TPSA) is 175 Å². The van der Waals surface area contributed by atoms with E-state index in [1.807, 2.05) is 6.08 Å². The first kappa shape index (κ1) is 75.6. The van der Waals surface area contributed by atoms with Gasteiger partial charge in [-0.05, 0) is 103 Å². The van der Waals surface area contributed by atoms with Crippen LogP contribution >= 0.6 is 0 Å². The molecule has 1 fully saturated rings. The quantitative estimate of drug-likeness (QED) is 0.0195. The van der Waals surface area contributed by atoms with E-state index in [4.69, 9.17) is 14.2 Å². The number of amides is 1. The highest BCUT2D eigenvalue weighted by Gasteiger charge is 2.47. The van der Waals surface area contributed by atoms with Gasteiger partial charge in [-0.3, -0.25) is 9.59 Å². The maximum atomic E-state index is 13.4. The molecule has 1 amide bonds. The summed E-state index contributed by atoms with van der Waals surface area (Å²) in [6.07, 6.45) is 65.7. The lowest BCUT2D eigenvalue weighted by Crippen LogP contribution is -2.61. The lowest BCUT2D eigenvalue weighted by atomic mass is 9.99. The Morgan fingerprint density at radius 2 is 0.889 bits per heavy atom. The number of carbonyl (C=O) groups is 2. The van der Waals surface area contributed by atoms with Gasteiger partial charge >= 0.3 is 5.97 Å². The van der Waals surface area contributed by atoms with E-state index in [1.54, 1.807) is 6.08 Å². The Hall–Kier alpha value is -3.42.